The van der Waals surface area contributed by atoms with Crippen LogP contribution in [0.15, 0.2) is 0 Å². The quantitative estimate of drug-likeness (QED) is 0.755. The second kappa shape index (κ2) is 6.21. The lowest BCUT2D eigenvalue weighted by atomic mass is 10.0. The summed E-state index contributed by atoms with van der Waals surface area (Å²) in [6.07, 6.45) is 3.06. The fourth-order valence-electron chi connectivity index (χ4n) is 2.01. The van der Waals surface area contributed by atoms with E-state index in [1.165, 1.54) is 24.3 Å². The van der Waals surface area contributed by atoms with E-state index in [0.717, 1.165) is 19.1 Å². The molecule has 0 radical (unpaired) electrons. The second-order valence-corrected chi connectivity index (χ2v) is 5.39. The Morgan fingerprint density at radius 3 is 2.86 bits per heavy atom. The summed E-state index contributed by atoms with van der Waals surface area (Å²) in [5.74, 6) is 4.07. The van der Waals surface area contributed by atoms with Crippen LogP contribution in [-0.4, -0.2) is 30.9 Å². The van der Waals surface area contributed by atoms with E-state index in [9.17, 15) is 0 Å². The molecule has 0 aromatic rings. The van der Waals surface area contributed by atoms with Gasteiger partial charge in [0.1, 0.15) is 6.23 Å². The lowest BCUT2D eigenvalue weighted by molar-refractivity contribution is -0.0535. The van der Waals surface area contributed by atoms with E-state index >= 15 is 0 Å². The zero-order chi connectivity index (χ0) is 9.10. The fourth-order valence-corrected chi connectivity index (χ4v) is 3.19. The smallest absolute Gasteiger partial charge is 0.111 e. The van der Waals surface area contributed by atoms with Crippen molar-refractivity contribution in [2.24, 2.45) is 11.8 Å². The highest BCUT2D eigenvalue weighted by molar-refractivity contribution is 7.99. The summed E-state index contributed by atoms with van der Waals surface area (Å²) in [4.78, 5) is 0. The highest BCUT2D eigenvalue weighted by atomic mass is 35.5. The van der Waals surface area contributed by atoms with Crippen LogP contribution in [0.3, 0.4) is 0 Å². The molecular formula is C10H20ClNOS. The Labute approximate surface area is 97.0 Å². The third-order valence-electron chi connectivity index (χ3n) is 2.85. The van der Waals surface area contributed by atoms with E-state index in [4.69, 9.17) is 4.74 Å². The molecule has 14 heavy (non-hydrogen) atoms. The van der Waals surface area contributed by atoms with Gasteiger partial charge in [-0.1, -0.05) is 6.92 Å². The first-order valence-corrected chi connectivity index (χ1v) is 6.44. The normalized spacial score (nSPS) is 38.8. The first kappa shape index (κ1) is 12.6. The predicted octanol–water partition coefficient (Wildman–Crippen LogP) is 2.13. The highest BCUT2D eigenvalue weighted by Gasteiger charge is 2.27. The summed E-state index contributed by atoms with van der Waals surface area (Å²) in [6.45, 7) is 4.31. The van der Waals surface area contributed by atoms with Gasteiger partial charge in [0.2, 0.25) is 0 Å². The molecule has 84 valence electrons. The van der Waals surface area contributed by atoms with Crippen LogP contribution in [-0.2, 0) is 4.74 Å². The Hall–Kier alpha value is 0.560. The largest absolute Gasteiger partial charge is 0.363 e. The number of halogens is 1. The Kier molecular flexibility index (Phi) is 5.60. The van der Waals surface area contributed by atoms with Crippen molar-refractivity contribution >= 4 is 24.2 Å². The first-order valence-electron chi connectivity index (χ1n) is 5.29. The minimum Gasteiger partial charge on any atom is -0.363 e. The molecule has 0 aromatic carbocycles. The number of thioether (sulfide) groups is 1. The summed E-state index contributed by atoms with van der Waals surface area (Å²) in [6, 6.07) is 0. The van der Waals surface area contributed by atoms with Crippen LogP contribution in [0.4, 0.5) is 0 Å². The molecule has 0 spiro atoms. The molecule has 4 heteroatoms. The summed E-state index contributed by atoms with van der Waals surface area (Å²) >= 11 is 2.08. The van der Waals surface area contributed by atoms with Gasteiger partial charge in [0.05, 0.1) is 6.61 Å². The number of hydrogen-bond donors (Lipinski definition) is 1. The summed E-state index contributed by atoms with van der Waals surface area (Å²) in [5.41, 5.74) is 0. The van der Waals surface area contributed by atoms with Crippen LogP contribution in [0.2, 0.25) is 0 Å². The molecule has 0 aliphatic carbocycles. The van der Waals surface area contributed by atoms with Crippen LogP contribution >= 0.6 is 24.2 Å². The van der Waals surface area contributed by atoms with Gasteiger partial charge in [-0.15, -0.1) is 12.4 Å². The Morgan fingerprint density at radius 2 is 2.29 bits per heavy atom. The molecule has 0 bridgehead atoms. The number of nitrogens with one attached hydrogen (secondary N) is 1. The summed E-state index contributed by atoms with van der Waals surface area (Å²) in [7, 11) is 0. The highest BCUT2D eigenvalue weighted by Crippen LogP contribution is 2.27. The van der Waals surface area contributed by atoms with Crippen molar-refractivity contribution in [2.75, 3.05) is 24.7 Å². The molecule has 2 heterocycles. The van der Waals surface area contributed by atoms with E-state index < -0.39 is 0 Å². The molecule has 2 fully saturated rings. The standard InChI is InChI=1S/C10H19NOS.ClH/c1-8-5-11-10(12-6-8)9-3-2-4-13-7-9;/h8-11H,2-7H2,1H3;1H. The van der Waals surface area contributed by atoms with E-state index in [1.54, 1.807) is 0 Å². The maximum atomic E-state index is 5.81. The van der Waals surface area contributed by atoms with Crippen molar-refractivity contribution in [1.29, 1.82) is 0 Å². The zero-order valence-corrected chi connectivity index (χ0v) is 10.3. The van der Waals surface area contributed by atoms with Gasteiger partial charge >= 0.3 is 0 Å². The monoisotopic (exact) mass is 237 g/mol. The van der Waals surface area contributed by atoms with Crippen LogP contribution in [0.1, 0.15) is 19.8 Å². The fraction of sp³-hybridized carbons (Fsp3) is 1.00. The van der Waals surface area contributed by atoms with Gasteiger partial charge in [0.25, 0.3) is 0 Å². The van der Waals surface area contributed by atoms with Crippen molar-refractivity contribution in [3.63, 3.8) is 0 Å². The third-order valence-corrected chi connectivity index (χ3v) is 4.09. The van der Waals surface area contributed by atoms with E-state index in [-0.39, 0.29) is 12.4 Å². The van der Waals surface area contributed by atoms with Crippen molar-refractivity contribution < 1.29 is 4.74 Å². The average Bonchev–Trinajstić information content (AvgIpc) is 2.20. The van der Waals surface area contributed by atoms with Crippen molar-refractivity contribution in [2.45, 2.75) is 26.0 Å². The minimum absolute atomic E-state index is 0. The third kappa shape index (κ3) is 3.30. The van der Waals surface area contributed by atoms with Crippen molar-refractivity contribution in [3.8, 4) is 0 Å². The molecule has 2 aliphatic heterocycles. The second-order valence-electron chi connectivity index (χ2n) is 4.24. The van der Waals surface area contributed by atoms with Crippen molar-refractivity contribution in [3.05, 3.63) is 0 Å². The topological polar surface area (TPSA) is 21.3 Å². The number of hydrogen-bond acceptors (Lipinski definition) is 3. The van der Waals surface area contributed by atoms with Crippen LogP contribution in [0.5, 0.6) is 0 Å². The molecule has 0 amide bonds. The molecule has 0 saturated carbocycles. The Bertz CT molecular complexity index is 156. The van der Waals surface area contributed by atoms with Gasteiger partial charge in [-0.25, -0.2) is 0 Å². The predicted molar refractivity (Wildman–Crippen MR) is 64.2 cm³/mol. The minimum atomic E-state index is 0. The Morgan fingerprint density at radius 1 is 1.43 bits per heavy atom. The molecule has 0 aromatic heterocycles. The van der Waals surface area contributed by atoms with Gasteiger partial charge < -0.3 is 4.74 Å². The summed E-state index contributed by atoms with van der Waals surface area (Å²) < 4.78 is 5.81. The zero-order valence-electron chi connectivity index (χ0n) is 8.70. The molecule has 3 atom stereocenters. The molecule has 2 aliphatic rings. The lowest BCUT2D eigenvalue weighted by Gasteiger charge is -2.35. The van der Waals surface area contributed by atoms with Gasteiger partial charge in [-0.05, 0) is 30.3 Å². The van der Waals surface area contributed by atoms with Gasteiger partial charge in [0.15, 0.2) is 0 Å². The van der Waals surface area contributed by atoms with Gasteiger partial charge in [-0.3, -0.25) is 5.32 Å². The number of ether oxygens (including phenoxy) is 1. The van der Waals surface area contributed by atoms with Crippen LogP contribution in [0.25, 0.3) is 0 Å². The van der Waals surface area contributed by atoms with Gasteiger partial charge in [-0.2, -0.15) is 11.8 Å². The SMILES string of the molecule is CC1CNC(C2CCCSC2)OC1.Cl. The van der Waals surface area contributed by atoms with E-state index in [0.29, 0.717) is 12.1 Å². The van der Waals surface area contributed by atoms with Crippen LogP contribution in [0, 0.1) is 11.8 Å². The Balaban J connectivity index is 0.000000980. The first-order chi connectivity index (χ1) is 6.36. The molecule has 2 rings (SSSR count). The molecule has 1 N–H and O–H groups in total. The average molecular weight is 238 g/mol. The maximum Gasteiger partial charge on any atom is 0.111 e. The van der Waals surface area contributed by atoms with Crippen LogP contribution < -0.4 is 5.32 Å². The van der Waals surface area contributed by atoms with E-state index in [1.807, 2.05) is 0 Å². The van der Waals surface area contributed by atoms with Gasteiger partial charge in [0, 0.05) is 12.5 Å². The number of rotatable bonds is 1. The molecule has 3 unspecified atom stereocenters. The molecule has 2 nitrogen and oxygen atoms in total. The van der Waals surface area contributed by atoms with Crippen molar-refractivity contribution in [1.82, 2.24) is 5.32 Å². The lowest BCUT2D eigenvalue weighted by Crippen LogP contribution is -2.48. The summed E-state index contributed by atoms with van der Waals surface area (Å²) in [5, 5.41) is 3.50. The molecule has 2 saturated heterocycles. The van der Waals surface area contributed by atoms with E-state index in [2.05, 4.69) is 24.0 Å². The maximum absolute atomic E-state index is 5.81. The molecular weight excluding hydrogens is 218 g/mol.